The van der Waals surface area contributed by atoms with Gasteiger partial charge in [0.15, 0.2) is 11.3 Å². The highest BCUT2D eigenvalue weighted by atomic mass is 35.5. The Kier molecular flexibility index (Phi) is 5.74. The molecular weight excluding hydrogens is 386 g/mol. The zero-order chi connectivity index (χ0) is 20.3. The molecule has 0 atom stereocenters. The van der Waals surface area contributed by atoms with Gasteiger partial charge in [-0.25, -0.2) is 19.6 Å². The van der Waals surface area contributed by atoms with E-state index in [2.05, 4.69) is 20.3 Å². The summed E-state index contributed by atoms with van der Waals surface area (Å²) in [6.45, 7) is 4.09. The number of anilines is 1. The number of aromatic nitrogens is 4. The SMILES string of the molecule is CCOC(=O)Nc1cnc(Cn2c(C)nc3ccc(C(=O)OC)nc32)c(Cl)c1. The van der Waals surface area contributed by atoms with Crippen molar-refractivity contribution in [3.8, 4) is 0 Å². The molecule has 3 aromatic heterocycles. The number of nitrogens with one attached hydrogen (secondary N) is 1. The smallest absolute Gasteiger partial charge is 0.411 e. The molecule has 28 heavy (non-hydrogen) atoms. The quantitative estimate of drug-likeness (QED) is 0.651. The van der Waals surface area contributed by atoms with Crippen LogP contribution in [0.2, 0.25) is 5.02 Å². The Labute approximate surface area is 165 Å². The Morgan fingerprint density at radius 3 is 2.75 bits per heavy atom. The summed E-state index contributed by atoms with van der Waals surface area (Å²) in [6.07, 6.45) is 0.906. The Balaban J connectivity index is 1.90. The maximum absolute atomic E-state index is 11.8. The maximum atomic E-state index is 11.8. The minimum absolute atomic E-state index is 0.184. The number of fused-ring (bicyclic) bond motifs is 1. The van der Waals surface area contributed by atoms with Gasteiger partial charge in [0.25, 0.3) is 0 Å². The topological polar surface area (TPSA) is 108 Å². The number of hydrogen-bond donors (Lipinski definition) is 1. The van der Waals surface area contributed by atoms with Crippen molar-refractivity contribution in [1.82, 2.24) is 19.5 Å². The lowest BCUT2D eigenvalue weighted by Gasteiger charge is -2.10. The number of pyridine rings is 2. The Bertz CT molecular complexity index is 1050. The van der Waals surface area contributed by atoms with Gasteiger partial charge < -0.3 is 14.0 Å². The third-order valence-electron chi connectivity index (χ3n) is 3.92. The molecule has 1 amide bonds. The molecule has 9 nitrogen and oxygen atoms in total. The van der Waals surface area contributed by atoms with Gasteiger partial charge in [-0.1, -0.05) is 11.6 Å². The Hall–Kier alpha value is -3.20. The monoisotopic (exact) mass is 403 g/mol. The zero-order valence-corrected chi connectivity index (χ0v) is 16.3. The van der Waals surface area contributed by atoms with Gasteiger partial charge in [0.1, 0.15) is 11.3 Å². The van der Waals surface area contributed by atoms with Gasteiger partial charge in [-0.15, -0.1) is 0 Å². The summed E-state index contributed by atoms with van der Waals surface area (Å²) < 4.78 is 11.3. The normalized spacial score (nSPS) is 10.7. The van der Waals surface area contributed by atoms with Crippen molar-refractivity contribution in [3.63, 3.8) is 0 Å². The fraction of sp³-hybridized carbons (Fsp3) is 0.278. The summed E-state index contributed by atoms with van der Waals surface area (Å²) in [5.41, 5.74) is 2.33. The maximum Gasteiger partial charge on any atom is 0.411 e. The second-order valence-corrected chi connectivity index (χ2v) is 6.18. The van der Waals surface area contributed by atoms with Crippen LogP contribution in [-0.4, -0.2) is 45.3 Å². The molecule has 0 radical (unpaired) electrons. The number of ether oxygens (including phenoxy) is 2. The number of methoxy groups -OCH3 is 1. The number of halogens is 1. The molecular formula is C18H18ClN5O4. The highest BCUT2D eigenvalue weighted by Crippen LogP contribution is 2.22. The van der Waals surface area contributed by atoms with Gasteiger partial charge in [0.2, 0.25) is 0 Å². The van der Waals surface area contributed by atoms with Crippen LogP contribution >= 0.6 is 11.6 Å². The molecule has 0 bridgehead atoms. The molecule has 0 saturated carbocycles. The van der Waals surface area contributed by atoms with Gasteiger partial charge in [-0.05, 0) is 32.0 Å². The number of rotatable bonds is 5. The number of imidazole rings is 1. The molecule has 0 aliphatic rings. The summed E-state index contributed by atoms with van der Waals surface area (Å²) in [5.74, 6) is 0.161. The lowest BCUT2D eigenvalue weighted by atomic mass is 10.3. The average Bonchev–Trinajstić information content (AvgIpc) is 2.98. The standard InChI is InChI=1S/C18H18ClN5O4/c1-4-28-18(26)22-11-7-12(19)15(20-8-11)9-24-10(2)21-13-5-6-14(17(25)27-3)23-16(13)24/h5-8H,4,9H2,1-3H3,(H,22,26). The highest BCUT2D eigenvalue weighted by Gasteiger charge is 2.16. The van der Waals surface area contributed by atoms with Gasteiger partial charge in [0.05, 0.1) is 42.9 Å². The van der Waals surface area contributed by atoms with E-state index >= 15 is 0 Å². The fourth-order valence-electron chi connectivity index (χ4n) is 2.61. The van der Waals surface area contributed by atoms with Gasteiger partial charge in [0, 0.05) is 0 Å². The van der Waals surface area contributed by atoms with E-state index in [1.807, 2.05) is 6.92 Å². The van der Waals surface area contributed by atoms with Gasteiger partial charge in [-0.2, -0.15) is 0 Å². The summed E-state index contributed by atoms with van der Waals surface area (Å²) in [5, 5.41) is 2.91. The number of nitrogens with zero attached hydrogens (tertiary/aromatic N) is 4. The van der Waals surface area contributed by atoms with Crippen molar-refractivity contribution in [1.29, 1.82) is 0 Å². The van der Waals surface area contributed by atoms with E-state index in [0.29, 0.717) is 39.9 Å². The number of esters is 1. The molecule has 10 heteroatoms. The van der Waals surface area contributed by atoms with E-state index in [4.69, 9.17) is 21.1 Å². The summed E-state index contributed by atoms with van der Waals surface area (Å²) >= 11 is 6.33. The molecule has 1 N–H and O–H groups in total. The lowest BCUT2D eigenvalue weighted by molar-refractivity contribution is 0.0594. The van der Waals surface area contributed by atoms with E-state index in [0.717, 1.165) is 0 Å². The lowest BCUT2D eigenvalue weighted by Crippen LogP contribution is -2.14. The third kappa shape index (κ3) is 4.04. The van der Waals surface area contributed by atoms with E-state index in [9.17, 15) is 9.59 Å². The first-order valence-corrected chi connectivity index (χ1v) is 8.81. The summed E-state index contributed by atoms with van der Waals surface area (Å²) in [6, 6.07) is 4.86. The number of carbonyl (C=O) groups is 2. The van der Waals surface area contributed by atoms with Crippen LogP contribution in [0.25, 0.3) is 11.2 Å². The molecule has 3 rings (SSSR count). The Morgan fingerprint density at radius 2 is 2.07 bits per heavy atom. The van der Waals surface area contributed by atoms with Crippen molar-refractivity contribution in [2.45, 2.75) is 20.4 Å². The van der Waals surface area contributed by atoms with E-state index < -0.39 is 12.1 Å². The molecule has 0 fully saturated rings. The van der Waals surface area contributed by atoms with Crippen molar-refractivity contribution >= 4 is 40.5 Å². The van der Waals surface area contributed by atoms with Crippen molar-refractivity contribution in [2.24, 2.45) is 0 Å². The molecule has 0 saturated heterocycles. The van der Waals surface area contributed by atoms with Crippen molar-refractivity contribution in [2.75, 3.05) is 19.0 Å². The van der Waals surface area contributed by atoms with Crippen LogP contribution in [0.15, 0.2) is 24.4 Å². The summed E-state index contributed by atoms with van der Waals surface area (Å²) in [7, 11) is 1.30. The van der Waals surface area contributed by atoms with Crippen LogP contribution in [0.3, 0.4) is 0 Å². The minimum atomic E-state index is -0.580. The third-order valence-corrected chi connectivity index (χ3v) is 4.25. The Morgan fingerprint density at radius 1 is 1.29 bits per heavy atom. The molecule has 0 spiro atoms. The minimum Gasteiger partial charge on any atom is -0.464 e. The van der Waals surface area contributed by atoms with Crippen LogP contribution in [-0.2, 0) is 16.0 Å². The van der Waals surface area contributed by atoms with Gasteiger partial charge >= 0.3 is 12.1 Å². The molecule has 0 aromatic carbocycles. The molecule has 0 unspecified atom stereocenters. The zero-order valence-electron chi connectivity index (χ0n) is 15.5. The number of hydrogen-bond acceptors (Lipinski definition) is 7. The van der Waals surface area contributed by atoms with Crippen LogP contribution in [0.1, 0.15) is 28.9 Å². The fourth-order valence-corrected chi connectivity index (χ4v) is 2.83. The number of aryl methyl sites for hydroxylation is 1. The molecule has 0 aliphatic carbocycles. The first-order valence-electron chi connectivity index (χ1n) is 8.43. The van der Waals surface area contributed by atoms with Crippen LogP contribution in [0.4, 0.5) is 10.5 Å². The second-order valence-electron chi connectivity index (χ2n) is 5.77. The molecule has 3 aromatic rings. The van der Waals surface area contributed by atoms with E-state index in [1.54, 1.807) is 29.7 Å². The van der Waals surface area contributed by atoms with Crippen molar-refractivity contribution in [3.05, 3.63) is 46.6 Å². The van der Waals surface area contributed by atoms with Crippen LogP contribution in [0.5, 0.6) is 0 Å². The van der Waals surface area contributed by atoms with E-state index in [1.165, 1.54) is 13.3 Å². The predicted octanol–water partition coefficient (Wildman–Crippen LogP) is 3.19. The summed E-state index contributed by atoms with van der Waals surface area (Å²) in [4.78, 5) is 36.4. The first kappa shape index (κ1) is 19.6. The molecule has 3 heterocycles. The number of amides is 1. The first-order chi connectivity index (χ1) is 13.4. The van der Waals surface area contributed by atoms with Crippen LogP contribution < -0.4 is 5.32 Å². The number of carbonyl (C=O) groups excluding carboxylic acids is 2. The predicted molar refractivity (Wildman–Crippen MR) is 103 cm³/mol. The largest absolute Gasteiger partial charge is 0.464 e. The average molecular weight is 404 g/mol. The van der Waals surface area contributed by atoms with Crippen molar-refractivity contribution < 1.29 is 19.1 Å². The molecule has 0 aliphatic heterocycles. The second kappa shape index (κ2) is 8.22. The van der Waals surface area contributed by atoms with E-state index in [-0.39, 0.29) is 12.3 Å². The molecule has 146 valence electrons. The highest BCUT2D eigenvalue weighted by molar-refractivity contribution is 6.31. The van der Waals surface area contributed by atoms with Gasteiger partial charge in [-0.3, -0.25) is 10.3 Å². The van der Waals surface area contributed by atoms with Crippen LogP contribution in [0, 0.1) is 6.92 Å².